The molecule has 0 bridgehead atoms. The second-order valence-electron chi connectivity index (χ2n) is 6.93. The number of imide groups is 1. The van der Waals surface area contributed by atoms with Crippen LogP contribution in [-0.4, -0.2) is 45.0 Å². The molecule has 6 nitrogen and oxygen atoms in total. The summed E-state index contributed by atoms with van der Waals surface area (Å²) in [4.78, 5) is 40.6. The van der Waals surface area contributed by atoms with Crippen LogP contribution in [0.2, 0.25) is 5.02 Å². The van der Waals surface area contributed by atoms with Gasteiger partial charge in [0.2, 0.25) is 5.91 Å². The van der Waals surface area contributed by atoms with E-state index < -0.39 is 11.1 Å². The summed E-state index contributed by atoms with van der Waals surface area (Å²) in [5, 5.41) is 10.0. The molecule has 0 atom stereocenters. The first-order valence-electron chi connectivity index (χ1n) is 9.11. The molecule has 2 aliphatic rings. The van der Waals surface area contributed by atoms with Gasteiger partial charge in [0.05, 0.1) is 9.38 Å². The Morgan fingerprint density at radius 2 is 1.97 bits per heavy atom. The fraction of sp³-hybridized carbons (Fsp3) is 0.190. The molecule has 2 heterocycles. The molecule has 1 saturated heterocycles. The molecule has 1 fully saturated rings. The van der Waals surface area contributed by atoms with Crippen molar-refractivity contribution >= 4 is 62.4 Å². The zero-order valence-electron chi connectivity index (χ0n) is 15.6. The van der Waals surface area contributed by atoms with Gasteiger partial charge in [0.25, 0.3) is 11.1 Å². The minimum atomic E-state index is -0.564. The highest BCUT2D eigenvalue weighted by atomic mass is 79.9. The number of nitrogens with zero attached hydrogens (tertiary/aromatic N) is 2. The average molecular weight is 508 g/mol. The fourth-order valence-electron chi connectivity index (χ4n) is 3.42. The molecule has 30 heavy (non-hydrogen) atoms. The molecule has 9 heteroatoms. The Bertz CT molecular complexity index is 1100. The summed E-state index contributed by atoms with van der Waals surface area (Å²) in [6, 6.07) is 10.9. The molecule has 2 aromatic carbocycles. The van der Waals surface area contributed by atoms with E-state index in [0.29, 0.717) is 28.1 Å². The number of hydrogen-bond donors (Lipinski definition) is 1. The lowest BCUT2D eigenvalue weighted by molar-refractivity contribution is -0.136. The largest absolute Gasteiger partial charge is 0.506 e. The van der Waals surface area contributed by atoms with Crippen molar-refractivity contribution in [3.63, 3.8) is 0 Å². The Hall–Kier alpha value is -2.29. The summed E-state index contributed by atoms with van der Waals surface area (Å²) in [5.41, 5.74) is 2.59. The number of phenols is 1. The topological polar surface area (TPSA) is 77.9 Å². The van der Waals surface area contributed by atoms with Gasteiger partial charge in [-0.05, 0) is 63.4 Å². The van der Waals surface area contributed by atoms with Crippen molar-refractivity contribution in [2.75, 3.05) is 13.1 Å². The zero-order chi connectivity index (χ0) is 21.4. The van der Waals surface area contributed by atoms with Gasteiger partial charge in [0, 0.05) is 23.7 Å². The van der Waals surface area contributed by atoms with Crippen molar-refractivity contribution in [2.45, 2.75) is 13.0 Å². The molecule has 2 aromatic rings. The summed E-state index contributed by atoms with van der Waals surface area (Å²) in [5.74, 6) is -0.929. The van der Waals surface area contributed by atoms with Crippen molar-refractivity contribution in [3.05, 3.63) is 67.5 Å². The maximum absolute atomic E-state index is 12.8. The molecule has 3 amide bonds. The highest BCUT2D eigenvalue weighted by Crippen LogP contribution is 2.37. The van der Waals surface area contributed by atoms with Gasteiger partial charge in [-0.3, -0.25) is 19.3 Å². The van der Waals surface area contributed by atoms with E-state index in [-0.39, 0.29) is 23.1 Å². The van der Waals surface area contributed by atoms with Crippen molar-refractivity contribution in [1.29, 1.82) is 0 Å². The first kappa shape index (κ1) is 21.0. The van der Waals surface area contributed by atoms with Crippen LogP contribution >= 0.6 is 39.3 Å². The summed E-state index contributed by atoms with van der Waals surface area (Å²) in [6.07, 6.45) is 2.14. The van der Waals surface area contributed by atoms with Crippen LogP contribution < -0.4 is 0 Å². The first-order chi connectivity index (χ1) is 14.3. The number of carbonyl (C=O) groups is 3. The van der Waals surface area contributed by atoms with Crippen molar-refractivity contribution < 1.29 is 19.5 Å². The third kappa shape index (κ3) is 4.12. The van der Waals surface area contributed by atoms with Crippen LogP contribution in [0.15, 0.2) is 45.8 Å². The molecule has 1 N–H and O–H groups in total. The quantitative estimate of drug-likeness (QED) is 0.622. The number of rotatable bonds is 3. The van der Waals surface area contributed by atoms with Gasteiger partial charge < -0.3 is 10.0 Å². The lowest BCUT2D eigenvalue weighted by atomic mass is 10.00. The normalized spacial score (nSPS) is 17.6. The first-order valence-corrected chi connectivity index (χ1v) is 11.1. The standard InChI is InChI=1S/C21H16BrClN2O4S/c22-16-9-15(23)7-14(19(16)27)8-17-20(28)25(21(29)30-17)11-18(26)24-6-5-12-3-1-2-4-13(12)10-24/h1-4,7-9,27H,5-6,10-11H2/b17-8-. The Morgan fingerprint density at radius 3 is 2.73 bits per heavy atom. The zero-order valence-corrected chi connectivity index (χ0v) is 18.8. The summed E-state index contributed by atoms with van der Waals surface area (Å²) in [7, 11) is 0. The van der Waals surface area contributed by atoms with Crippen LogP contribution in [0.25, 0.3) is 6.08 Å². The van der Waals surface area contributed by atoms with Crippen LogP contribution in [0.4, 0.5) is 4.79 Å². The maximum atomic E-state index is 12.8. The smallest absolute Gasteiger partial charge is 0.294 e. The summed E-state index contributed by atoms with van der Waals surface area (Å²) >= 11 is 9.93. The van der Waals surface area contributed by atoms with Gasteiger partial charge in [-0.15, -0.1) is 0 Å². The molecule has 2 aliphatic heterocycles. The number of amides is 3. The SMILES string of the molecule is O=C(CN1C(=O)S/C(=C\c2cc(Cl)cc(Br)c2O)C1=O)N1CCc2ccccc2C1. The predicted molar refractivity (Wildman–Crippen MR) is 119 cm³/mol. The van der Waals surface area contributed by atoms with Crippen LogP contribution in [0.1, 0.15) is 16.7 Å². The second kappa shape index (κ2) is 8.45. The average Bonchev–Trinajstić information content (AvgIpc) is 2.98. The van der Waals surface area contributed by atoms with Crippen LogP contribution in [0, 0.1) is 0 Å². The van der Waals surface area contributed by atoms with E-state index in [1.165, 1.54) is 23.8 Å². The van der Waals surface area contributed by atoms with E-state index in [9.17, 15) is 19.5 Å². The molecule has 0 unspecified atom stereocenters. The van der Waals surface area contributed by atoms with Gasteiger partial charge in [-0.25, -0.2) is 0 Å². The monoisotopic (exact) mass is 506 g/mol. The Balaban J connectivity index is 1.49. The van der Waals surface area contributed by atoms with E-state index in [4.69, 9.17) is 11.6 Å². The lowest BCUT2D eigenvalue weighted by Gasteiger charge is -2.29. The molecule has 4 rings (SSSR count). The number of hydrogen-bond acceptors (Lipinski definition) is 5. The highest BCUT2D eigenvalue weighted by Gasteiger charge is 2.37. The van der Waals surface area contributed by atoms with Gasteiger partial charge in [-0.1, -0.05) is 35.9 Å². The maximum Gasteiger partial charge on any atom is 0.294 e. The van der Waals surface area contributed by atoms with E-state index in [1.807, 2.05) is 24.3 Å². The van der Waals surface area contributed by atoms with Crippen molar-refractivity contribution in [1.82, 2.24) is 9.80 Å². The van der Waals surface area contributed by atoms with E-state index in [0.717, 1.165) is 28.6 Å². The highest BCUT2D eigenvalue weighted by molar-refractivity contribution is 9.10. The number of carbonyl (C=O) groups excluding carboxylic acids is 3. The van der Waals surface area contributed by atoms with Crippen LogP contribution in [0.5, 0.6) is 5.75 Å². The number of fused-ring (bicyclic) bond motifs is 1. The number of phenolic OH excluding ortho intramolecular Hbond substituents is 1. The Morgan fingerprint density at radius 1 is 1.23 bits per heavy atom. The van der Waals surface area contributed by atoms with Crippen LogP contribution in [-0.2, 0) is 22.6 Å². The second-order valence-corrected chi connectivity index (χ2v) is 9.21. The van der Waals surface area contributed by atoms with Crippen LogP contribution in [0.3, 0.4) is 0 Å². The van der Waals surface area contributed by atoms with E-state index in [1.54, 1.807) is 4.90 Å². The summed E-state index contributed by atoms with van der Waals surface area (Å²) < 4.78 is 0.376. The molecule has 0 radical (unpaired) electrons. The predicted octanol–water partition coefficient (Wildman–Crippen LogP) is 4.43. The fourth-order valence-corrected chi connectivity index (χ4v) is 5.08. The van der Waals surface area contributed by atoms with Crippen molar-refractivity contribution in [3.8, 4) is 5.75 Å². The number of benzene rings is 2. The molecule has 0 saturated carbocycles. The number of aromatic hydroxyl groups is 1. The minimum Gasteiger partial charge on any atom is -0.506 e. The van der Waals surface area contributed by atoms with Gasteiger partial charge in [0.15, 0.2) is 0 Å². The molecular weight excluding hydrogens is 492 g/mol. The number of halogens is 2. The van der Waals surface area contributed by atoms with Gasteiger partial charge >= 0.3 is 0 Å². The number of thioether (sulfide) groups is 1. The third-order valence-corrected chi connectivity index (χ3v) is 6.72. The summed E-state index contributed by atoms with van der Waals surface area (Å²) in [6.45, 7) is 0.702. The molecule has 0 aliphatic carbocycles. The Kier molecular flexibility index (Phi) is 5.90. The lowest BCUT2D eigenvalue weighted by Crippen LogP contribution is -2.44. The Labute approximate surface area is 190 Å². The van der Waals surface area contributed by atoms with Crippen molar-refractivity contribution in [2.24, 2.45) is 0 Å². The van der Waals surface area contributed by atoms with E-state index >= 15 is 0 Å². The van der Waals surface area contributed by atoms with Gasteiger partial charge in [-0.2, -0.15) is 0 Å². The third-order valence-electron chi connectivity index (χ3n) is 4.99. The van der Waals surface area contributed by atoms with E-state index in [2.05, 4.69) is 15.9 Å². The molecule has 154 valence electrons. The molecule has 0 spiro atoms. The minimum absolute atomic E-state index is 0.0887. The molecule has 0 aromatic heterocycles. The van der Waals surface area contributed by atoms with Gasteiger partial charge in [0.1, 0.15) is 12.3 Å². The molecular formula is C21H16BrClN2O4S.